The van der Waals surface area contributed by atoms with Crippen LogP contribution < -0.4 is 5.73 Å². The van der Waals surface area contributed by atoms with Gasteiger partial charge in [0.05, 0.1) is 0 Å². The Bertz CT molecular complexity index is 776. The summed E-state index contributed by atoms with van der Waals surface area (Å²) in [4.78, 5) is 0. The van der Waals surface area contributed by atoms with Crippen molar-refractivity contribution < 1.29 is 0 Å². The van der Waals surface area contributed by atoms with E-state index in [1.54, 1.807) is 0 Å². The molecule has 0 saturated carbocycles. The molecule has 25 heavy (non-hydrogen) atoms. The van der Waals surface area contributed by atoms with Crippen LogP contribution in [-0.2, 0) is 10.8 Å². The molecule has 0 spiro atoms. The van der Waals surface area contributed by atoms with Gasteiger partial charge in [0, 0.05) is 16.5 Å². The van der Waals surface area contributed by atoms with Gasteiger partial charge in [0.25, 0.3) is 0 Å². The van der Waals surface area contributed by atoms with Gasteiger partial charge >= 0.3 is 0 Å². The fourth-order valence-corrected chi connectivity index (χ4v) is 3.68. The van der Waals surface area contributed by atoms with Gasteiger partial charge in [0.1, 0.15) is 0 Å². The first-order valence-corrected chi connectivity index (χ1v) is 8.85. The molecule has 0 aromatic heterocycles. The summed E-state index contributed by atoms with van der Waals surface area (Å²) in [5.41, 5.74) is 12.2. The number of rotatable bonds is 4. The molecule has 0 aliphatic heterocycles. The lowest BCUT2D eigenvalue weighted by Gasteiger charge is -2.33. The Balaban J connectivity index is 2.13. The van der Waals surface area contributed by atoms with Gasteiger partial charge in [0.15, 0.2) is 0 Å². The molecule has 0 bridgehead atoms. The van der Waals surface area contributed by atoms with Crippen molar-refractivity contribution in [2.45, 2.75) is 38.5 Å². The molecular formula is C24H27N. The summed E-state index contributed by atoms with van der Waals surface area (Å²) in [5.74, 6) is 0. The van der Waals surface area contributed by atoms with Crippen molar-refractivity contribution in [2.75, 3.05) is 5.73 Å². The zero-order chi connectivity index (χ0) is 18.1. The molecule has 0 atom stereocenters. The molecule has 3 aromatic carbocycles. The molecule has 0 fully saturated rings. The predicted molar refractivity (Wildman–Crippen MR) is 108 cm³/mol. The molecule has 3 rings (SSSR count). The molecule has 3 aromatic rings. The number of nitrogen functional groups attached to an aromatic ring is 1. The highest BCUT2D eigenvalue weighted by molar-refractivity contribution is 5.63. The lowest BCUT2D eigenvalue weighted by molar-refractivity contribution is 0.622. The maximum absolute atomic E-state index is 6.73. The summed E-state index contributed by atoms with van der Waals surface area (Å²) in [7, 11) is 0. The van der Waals surface area contributed by atoms with E-state index in [0.29, 0.717) is 0 Å². The standard InChI is InChI=1S/C24H27N/c1-23(2,18-12-7-5-8-13-18)20-16-11-17-21(22(20)25)24(3,4)19-14-9-6-10-15-19/h5-17H,25H2,1-4H3. The summed E-state index contributed by atoms with van der Waals surface area (Å²) in [6.45, 7) is 8.97. The number of anilines is 1. The topological polar surface area (TPSA) is 26.0 Å². The third kappa shape index (κ3) is 3.07. The quantitative estimate of drug-likeness (QED) is 0.591. The van der Waals surface area contributed by atoms with Crippen LogP contribution in [0.1, 0.15) is 49.9 Å². The predicted octanol–water partition coefficient (Wildman–Crippen LogP) is 5.92. The molecule has 128 valence electrons. The van der Waals surface area contributed by atoms with E-state index < -0.39 is 0 Å². The second kappa shape index (κ2) is 6.40. The molecule has 1 nitrogen and oxygen atoms in total. The monoisotopic (exact) mass is 329 g/mol. The fourth-order valence-electron chi connectivity index (χ4n) is 3.68. The number of nitrogens with two attached hydrogens (primary N) is 1. The first-order chi connectivity index (χ1) is 11.8. The van der Waals surface area contributed by atoms with Crippen LogP contribution in [0.2, 0.25) is 0 Å². The van der Waals surface area contributed by atoms with Crippen LogP contribution in [0.4, 0.5) is 5.69 Å². The fraction of sp³-hybridized carbons (Fsp3) is 0.250. The Morgan fingerprint density at radius 1 is 0.520 bits per heavy atom. The van der Waals surface area contributed by atoms with Crippen molar-refractivity contribution in [1.82, 2.24) is 0 Å². The van der Waals surface area contributed by atoms with Crippen molar-refractivity contribution in [3.05, 3.63) is 101 Å². The molecule has 0 radical (unpaired) electrons. The zero-order valence-electron chi connectivity index (χ0n) is 15.6. The normalized spacial score (nSPS) is 12.2. The average molecular weight is 329 g/mol. The van der Waals surface area contributed by atoms with Gasteiger partial charge < -0.3 is 5.73 Å². The Morgan fingerprint density at radius 3 is 1.24 bits per heavy atom. The lowest BCUT2D eigenvalue weighted by atomic mass is 9.72. The van der Waals surface area contributed by atoms with Crippen molar-refractivity contribution in [1.29, 1.82) is 0 Å². The maximum Gasteiger partial charge on any atom is 0.0397 e. The van der Waals surface area contributed by atoms with Gasteiger partial charge in [-0.2, -0.15) is 0 Å². The largest absolute Gasteiger partial charge is 0.398 e. The Labute approximate surface area is 151 Å². The van der Waals surface area contributed by atoms with Crippen LogP contribution in [-0.4, -0.2) is 0 Å². The van der Waals surface area contributed by atoms with Gasteiger partial charge in [-0.05, 0) is 22.3 Å². The van der Waals surface area contributed by atoms with E-state index in [0.717, 1.165) is 5.69 Å². The number of hydrogen-bond acceptors (Lipinski definition) is 1. The Kier molecular flexibility index (Phi) is 4.43. The van der Waals surface area contributed by atoms with Crippen molar-refractivity contribution in [3.8, 4) is 0 Å². The molecule has 1 heteroatoms. The molecule has 0 aliphatic carbocycles. The van der Waals surface area contributed by atoms with Gasteiger partial charge in [-0.25, -0.2) is 0 Å². The number of hydrogen-bond donors (Lipinski definition) is 1. The molecule has 2 N–H and O–H groups in total. The molecule has 0 amide bonds. The van der Waals surface area contributed by atoms with E-state index in [4.69, 9.17) is 5.73 Å². The molecule has 0 aliphatic rings. The highest BCUT2D eigenvalue weighted by atomic mass is 14.6. The van der Waals surface area contributed by atoms with E-state index in [-0.39, 0.29) is 10.8 Å². The Morgan fingerprint density at radius 2 is 0.880 bits per heavy atom. The van der Waals surface area contributed by atoms with Gasteiger partial charge in [0.2, 0.25) is 0 Å². The first kappa shape index (κ1) is 17.3. The van der Waals surface area contributed by atoms with Gasteiger partial charge in [-0.3, -0.25) is 0 Å². The summed E-state index contributed by atoms with van der Waals surface area (Å²) in [5, 5.41) is 0. The second-order valence-corrected chi connectivity index (χ2v) is 7.75. The van der Waals surface area contributed by atoms with E-state index in [2.05, 4.69) is 107 Å². The maximum atomic E-state index is 6.73. The third-order valence-electron chi connectivity index (χ3n) is 5.44. The smallest absolute Gasteiger partial charge is 0.0397 e. The minimum atomic E-state index is -0.145. The van der Waals surface area contributed by atoms with E-state index in [9.17, 15) is 0 Å². The van der Waals surface area contributed by atoms with Crippen molar-refractivity contribution in [3.63, 3.8) is 0 Å². The van der Waals surface area contributed by atoms with Crippen LogP contribution in [0, 0.1) is 0 Å². The van der Waals surface area contributed by atoms with E-state index in [1.807, 2.05) is 0 Å². The summed E-state index contributed by atoms with van der Waals surface area (Å²) >= 11 is 0. The SMILES string of the molecule is CC(C)(c1ccccc1)c1cccc(C(C)(C)c2ccccc2)c1N. The van der Waals surface area contributed by atoms with Crippen molar-refractivity contribution in [2.24, 2.45) is 0 Å². The van der Waals surface area contributed by atoms with Crippen LogP contribution in [0.15, 0.2) is 78.9 Å². The van der Waals surface area contributed by atoms with E-state index >= 15 is 0 Å². The average Bonchev–Trinajstić information content (AvgIpc) is 2.63. The van der Waals surface area contributed by atoms with Crippen LogP contribution in [0.5, 0.6) is 0 Å². The zero-order valence-corrected chi connectivity index (χ0v) is 15.6. The van der Waals surface area contributed by atoms with Crippen LogP contribution in [0.3, 0.4) is 0 Å². The van der Waals surface area contributed by atoms with Crippen LogP contribution >= 0.6 is 0 Å². The second-order valence-electron chi connectivity index (χ2n) is 7.75. The lowest BCUT2D eigenvalue weighted by Crippen LogP contribution is -2.25. The molecular weight excluding hydrogens is 302 g/mol. The summed E-state index contributed by atoms with van der Waals surface area (Å²) in [6.07, 6.45) is 0. The minimum absolute atomic E-state index is 0.145. The molecule has 0 heterocycles. The summed E-state index contributed by atoms with van der Waals surface area (Å²) in [6, 6.07) is 27.6. The third-order valence-corrected chi connectivity index (χ3v) is 5.44. The van der Waals surface area contributed by atoms with Crippen molar-refractivity contribution >= 4 is 5.69 Å². The minimum Gasteiger partial charge on any atom is -0.398 e. The summed E-state index contributed by atoms with van der Waals surface area (Å²) < 4.78 is 0. The highest BCUT2D eigenvalue weighted by Gasteiger charge is 2.31. The van der Waals surface area contributed by atoms with E-state index in [1.165, 1.54) is 22.3 Å². The molecule has 0 unspecified atom stereocenters. The van der Waals surface area contributed by atoms with Crippen LogP contribution in [0.25, 0.3) is 0 Å². The molecule has 0 saturated heterocycles. The Hall–Kier alpha value is -2.54. The van der Waals surface area contributed by atoms with Gasteiger partial charge in [-0.15, -0.1) is 0 Å². The number of para-hydroxylation sites is 1. The highest BCUT2D eigenvalue weighted by Crippen LogP contribution is 2.41. The number of benzene rings is 3. The van der Waals surface area contributed by atoms with Gasteiger partial charge in [-0.1, -0.05) is 107 Å². The first-order valence-electron chi connectivity index (χ1n) is 8.85.